The van der Waals surface area contributed by atoms with Crippen LogP contribution in [0.3, 0.4) is 0 Å². The number of nitrogens with two attached hydrogens (primary N) is 1. The Morgan fingerprint density at radius 1 is 1.17 bits per heavy atom. The van der Waals surface area contributed by atoms with Crippen molar-refractivity contribution in [3.05, 3.63) is 64.2 Å². The van der Waals surface area contributed by atoms with E-state index >= 15 is 0 Å². The zero-order valence-corrected chi connectivity index (χ0v) is 17.1. The van der Waals surface area contributed by atoms with Gasteiger partial charge < -0.3 is 15.0 Å². The average molecular weight is 439 g/mol. The van der Waals surface area contributed by atoms with Crippen molar-refractivity contribution < 1.29 is 22.7 Å². The van der Waals surface area contributed by atoms with Crippen LogP contribution in [0.1, 0.15) is 37.0 Å². The first-order valence-corrected chi connectivity index (χ1v) is 9.30. The van der Waals surface area contributed by atoms with Crippen LogP contribution >= 0.6 is 11.6 Å². The maximum atomic E-state index is 14.1. The second kappa shape index (κ2) is 7.98. The van der Waals surface area contributed by atoms with Gasteiger partial charge in [-0.3, -0.25) is 4.79 Å². The quantitative estimate of drug-likeness (QED) is 0.616. The zero-order chi connectivity index (χ0) is 22.2. The largest absolute Gasteiger partial charge is 0.474 e. The number of primary amides is 1. The molecule has 0 saturated carbocycles. The zero-order valence-electron chi connectivity index (χ0n) is 16.3. The summed E-state index contributed by atoms with van der Waals surface area (Å²) in [5.41, 5.74) is 4.65. The van der Waals surface area contributed by atoms with E-state index in [1.54, 1.807) is 24.5 Å². The van der Waals surface area contributed by atoms with E-state index in [0.717, 1.165) is 0 Å². The third-order valence-corrected chi connectivity index (χ3v) is 4.73. The van der Waals surface area contributed by atoms with Crippen molar-refractivity contribution in [2.24, 2.45) is 5.73 Å². The number of carbonyl (C=O) groups excluding carboxylic acids is 1. The lowest BCUT2D eigenvalue weighted by Crippen LogP contribution is -2.30. The maximum Gasteiger partial charge on any atom is 0.248 e. The van der Waals surface area contributed by atoms with Gasteiger partial charge in [-0.2, -0.15) is 0 Å². The summed E-state index contributed by atoms with van der Waals surface area (Å²) in [6.45, 7) is 5.30. The van der Waals surface area contributed by atoms with Crippen molar-refractivity contribution in [3.63, 3.8) is 0 Å². The van der Waals surface area contributed by atoms with E-state index in [0.29, 0.717) is 30.1 Å². The fourth-order valence-corrected chi connectivity index (χ4v) is 3.29. The number of rotatable bonds is 6. The Kier molecular flexibility index (Phi) is 5.76. The SMILES string of the molecule is CCn1c(-c2ccc(C(N)=O)cc2Cl)nnc1C(C)(C)Oc1c(F)cc(F)cc1F. The van der Waals surface area contributed by atoms with Crippen molar-refractivity contribution in [1.29, 1.82) is 0 Å². The maximum absolute atomic E-state index is 14.1. The number of aromatic nitrogens is 3. The second-order valence-corrected chi connectivity index (χ2v) is 7.37. The number of hydrogen-bond donors (Lipinski definition) is 1. The molecule has 0 saturated heterocycles. The molecule has 0 unspecified atom stereocenters. The van der Waals surface area contributed by atoms with E-state index in [4.69, 9.17) is 22.1 Å². The molecule has 0 radical (unpaired) electrons. The molecule has 0 aliphatic rings. The summed E-state index contributed by atoms with van der Waals surface area (Å²) in [7, 11) is 0. The summed E-state index contributed by atoms with van der Waals surface area (Å²) in [6.07, 6.45) is 0. The van der Waals surface area contributed by atoms with Crippen molar-refractivity contribution in [2.45, 2.75) is 32.9 Å². The lowest BCUT2D eigenvalue weighted by atomic mass is 10.1. The molecule has 0 spiro atoms. The highest BCUT2D eigenvalue weighted by atomic mass is 35.5. The third-order valence-electron chi connectivity index (χ3n) is 4.42. The Balaban J connectivity index is 2.04. The fraction of sp³-hybridized carbons (Fsp3) is 0.250. The predicted molar refractivity (Wildman–Crippen MR) is 105 cm³/mol. The average Bonchev–Trinajstić information content (AvgIpc) is 3.09. The monoisotopic (exact) mass is 438 g/mol. The molecule has 6 nitrogen and oxygen atoms in total. The number of carbonyl (C=O) groups is 1. The molecule has 1 amide bonds. The molecule has 1 heterocycles. The molecule has 1 aromatic heterocycles. The summed E-state index contributed by atoms with van der Waals surface area (Å²) in [4.78, 5) is 11.3. The summed E-state index contributed by atoms with van der Waals surface area (Å²) >= 11 is 6.29. The molecule has 158 valence electrons. The minimum absolute atomic E-state index is 0.231. The van der Waals surface area contributed by atoms with Gasteiger partial charge in [0.15, 0.2) is 34.6 Å². The highest BCUT2D eigenvalue weighted by Crippen LogP contribution is 2.34. The molecule has 3 rings (SSSR count). The summed E-state index contributed by atoms with van der Waals surface area (Å²) in [5, 5.41) is 8.50. The van der Waals surface area contributed by atoms with Crippen molar-refractivity contribution in [2.75, 3.05) is 0 Å². The number of hydrogen-bond acceptors (Lipinski definition) is 4. The molecule has 0 fully saturated rings. The van der Waals surface area contributed by atoms with Gasteiger partial charge in [0.25, 0.3) is 0 Å². The number of halogens is 4. The van der Waals surface area contributed by atoms with Crippen LogP contribution in [0.2, 0.25) is 5.02 Å². The van der Waals surface area contributed by atoms with Crippen LogP contribution in [-0.2, 0) is 12.1 Å². The summed E-state index contributed by atoms with van der Waals surface area (Å²) in [6, 6.07) is 5.56. The normalized spacial score (nSPS) is 11.6. The molecule has 30 heavy (non-hydrogen) atoms. The van der Waals surface area contributed by atoms with E-state index < -0.39 is 34.7 Å². The number of benzene rings is 2. The fourth-order valence-electron chi connectivity index (χ4n) is 3.02. The number of ether oxygens (including phenoxy) is 1. The van der Waals surface area contributed by atoms with E-state index in [9.17, 15) is 18.0 Å². The molecule has 0 atom stereocenters. The van der Waals surface area contributed by atoms with Crippen LogP contribution in [0.15, 0.2) is 30.3 Å². The topological polar surface area (TPSA) is 83.0 Å². The molecule has 3 aromatic rings. The molecule has 0 aliphatic heterocycles. The van der Waals surface area contributed by atoms with E-state index in [1.807, 2.05) is 6.92 Å². The minimum atomic E-state index is -1.33. The Bertz CT molecular complexity index is 1110. The first kappa shape index (κ1) is 21.6. The van der Waals surface area contributed by atoms with Gasteiger partial charge >= 0.3 is 0 Å². The van der Waals surface area contributed by atoms with Gasteiger partial charge in [-0.1, -0.05) is 11.6 Å². The summed E-state index contributed by atoms with van der Waals surface area (Å²) in [5.74, 6) is -4.12. The molecule has 10 heteroatoms. The standard InChI is InChI=1S/C20H18ClF3N4O2/c1-4-28-18(12-6-5-10(17(25)29)7-13(12)21)26-27-19(28)20(2,3)30-16-14(23)8-11(22)9-15(16)24/h5-9H,4H2,1-3H3,(H2,25,29). The van der Waals surface area contributed by atoms with Crippen LogP contribution in [0.4, 0.5) is 13.2 Å². The van der Waals surface area contributed by atoms with Crippen molar-refractivity contribution in [1.82, 2.24) is 14.8 Å². The van der Waals surface area contributed by atoms with E-state index in [1.165, 1.54) is 12.1 Å². The van der Waals surface area contributed by atoms with Crippen LogP contribution in [0, 0.1) is 17.5 Å². The van der Waals surface area contributed by atoms with E-state index in [2.05, 4.69) is 10.2 Å². The summed E-state index contributed by atoms with van der Waals surface area (Å²) < 4.78 is 48.5. The van der Waals surface area contributed by atoms with Gasteiger partial charge in [-0.25, -0.2) is 13.2 Å². The van der Waals surface area contributed by atoms with Crippen LogP contribution in [0.25, 0.3) is 11.4 Å². The Morgan fingerprint density at radius 3 is 2.33 bits per heavy atom. The molecular weight excluding hydrogens is 421 g/mol. The van der Waals surface area contributed by atoms with E-state index in [-0.39, 0.29) is 16.4 Å². The third kappa shape index (κ3) is 3.97. The molecule has 2 aromatic carbocycles. The first-order valence-electron chi connectivity index (χ1n) is 8.92. The minimum Gasteiger partial charge on any atom is -0.474 e. The molecule has 2 N–H and O–H groups in total. The van der Waals surface area contributed by atoms with Gasteiger partial charge in [-0.05, 0) is 39.0 Å². The first-order chi connectivity index (χ1) is 14.0. The molecule has 0 bridgehead atoms. The highest BCUT2D eigenvalue weighted by Gasteiger charge is 2.33. The molecule has 0 aliphatic carbocycles. The van der Waals surface area contributed by atoms with Crippen molar-refractivity contribution in [3.8, 4) is 17.1 Å². The number of amides is 1. The van der Waals surface area contributed by atoms with Crippen LogP contribution < -0.4 is 10.5 Å². The highest BCUT2D eigenvalue weighted by molar-refractivity contribution is 6.33. The predicted octanol–water partition coefficient (Wildman–Crippen LogP) is 4.45. The number of nitrogens with zero attached hydrogens (tertiary/aromatic N) is 3. The Morgan fingerprint density at radius 2 is 1.80 bits per heavy atom. The van der Waals surface area contributed by atoms with Gasteiger partial charge in [0.1, 0.15) is 5.82 Å². The van der Waals surface area contributed by atoms with Gasteiger partial charge in [-0.15, -0.1) is 10.2 Å². The van der Waals surface area contributed by atoms with Crippen molar-refractivity contribution >= 4 is 17.5 Å². The Labute approximate surface area is 175 Å². The van der Waals surface area contributed by atoms with Gasteiger partial charge in [0, 0.05) is 29.8 Å². The lowest BCUT2D eigenvalue weighted by Gasteiger charge is -2.26. The van der Waals surface area contributed by atoms with Crippen LogP contribution in [-0.4, -0.2) is 20.7 Å². The molecular formula is C20H18ClF3N4O2. The lowest BCUT2D eigenvalue weighted by molar-refractivity contribution is 0.0824. The smallest absolute Gasteiger partial charge is 0.248 e. The van der Waals surface area contributed by atoms with Crippen LogP contribution in [0.5, 0.6) is 5.75 Å². The van der Waals surface area contributed by atoms with Gasteiger partial charge in [0.2, 0.25) is 5.91 Å². The second-order valence-electron chi connectivity index (χ2n) is 6.96. The van der Waals surface area contributed by atoms with Gasteiger partial charge in [0.05, 0.1) is 5.02 Å². The Hall–Kier alpha value is -3.07.